The van der Waals surface area contributed by atoms with Crippen LogP contribution in [0.5, 0.6) is 0 Å². The van der Waals surface area contributed by atoms with E-state index in [-0.39, 0.29) is 0 Å². The molecule has 0 heterocycles. The molecule has 0 saturated heterocycles. The second kappa shape index (κ2) is 41.4. The predicted octanol–water partition coefficient (Wildman–Crippen LogP) is 14.8. The minimum atomic E-state index is -4.85. The van der Waals surface area contributed by atoms with Crippen molar-refractivity contribution in [3.8, 4) is 0 Å². The van der Waals surface area contributed by atoms with Crippen molar-refractivity contribution >= 4 is 36.6 Å². The van der Waals surface area contributed by atoms with Gasteiger partial charge in [-0.1, -0.05) is 183 Å². The van der Waals surface area contributed by atoms with Crippen molar-refractivity contribution in [3.63, 3.8) is 0 Å². The number of rotatable bonds is 39. The zero-order chi connectivity index (χ0) is 47.0. The Morgan fingerprint density at radius 3 is 0.919 bits per heavy atom. The van der Waals surface area contributed by atoms with E-state index >= 15 is 0 Å². The quantitative estimate of drug-likeness (QED) is 0.0394. The Labute approximate surface area is 386 Å². The van der Waals surface area contributed by atoms with Gasteiger partial charge in [0.15, 0.2) is 0 Å². The minimum absolute atomic E-state index is 0.482. The summed E-state index contributed by atoms with van der Waals surface area (Å²) < 4.78 is 30.3. The number of unbranched alkanes of at least 4 members (excludes halogenated alkanes) is 20. The van der Waals surface area contributed by atoms with Crippen LogP contribution in [0.3, 0.4) is 0 Å². The first-order valence-electron chi connectivity index (χ1n) is 26.0. The van der Waals surface area contributed by atoms with E-state index in [0.29, 0.717) is 12.1 Å². The van der Waals surface area contributed by atoms with Gasteiger partial charge in [-0.25, -0.2) is 0 Å². The number of carboxylic acids is 2. The average Bonchev–Trinajstić information content (AvgIpc) is 3.26. The molecule has 0 radical (unpaired) electrons. The molecule has 0 unspecified atom stereocenters. The van der Waals surface area contributed by atoms with Crippen molar-refractivity contribution in [2.45, 2.75) is 240 Å². The van der Waals surface area contributed by atoms with Crippen molar-refractivity contribution in [2.75, 3.05) is 49.3 Å². The van der Waals surface area contributed by atoms with Crippen LogP contribution < -0.4 is 10.2 Å². The molecule has 0 bridgehead atoms. The summed E-state index contributed by atoms with van der Waals surface area (Å²) in [7, 11) is -6.07. The molecule has 0 saturated carbocycles. The molecular formula is C52H100O7P2S. The first-order chi connectivity index (χ1) is 29.7. The van der Waals surface area contributed by atoms with Crippen LogP contribution in [0, 0.1) is 0 Å². The van der Waals surface area contributed by atoms with Crippen LogP contribution in [0.4, 0.5) is 0 Å². The minimum Gasteiger partial charge on any atom is -0.545 e. The molecule has 0 atom stereocenters. The lowest BCUT2D eigenvalue weighted by molar-refractivity contribution is -0.256. The average molecular weight is 931 g/mol. The summed E-state index contributed by atoms with van der Waals surface area (Å²) in [5.41, 5.74) is -1.40. The molecule has 0 fully saturated rings. The number of hydrogen-bond acceptors (Lipinski definition) is 6. The highest BCUT2D eigenvalue weighted by molar-refractivity contribution is 7.86. The van der Waals surface area contributed by atoms with E-state index in [4.69, 9.17) is 4.55 Å². The Balaban J connectivity index is 0. The summed E-state index contributed by atoms with van der Waals surface area (Å²) in [5.74, 6) is -3.55. The van der Waals surface area contributed by atoms with Gasteiger partial charge < -0.3 is 19.8 Å². The standard InChI is InChI=1S/2C22H48P.C8H6O7S/c2*1-5-9-13-14-15-16-17-18-22-23(19-10-6-2,20-11-7-3)21-12-8-4;9-7(10)4-1-2-5(8(11)12)6(3-4)16(13,14)15/h2*5-22H2,1-4H3;1-3H,(H,9,10)(H,11,12)(H,13,14,15)/q2*+1;/p-2. The molecule has 0 aliphatic heterocycles. The van der Waals surface area contributed by atoms with E-state index in [0.717, 1.165) is 6.07 Å². The third-order valence-electron chi connectivity index (χ3n) is 12.6. The van der Waals surface area contributed by atoms with Crippen LogP contribution in [0.1, 0.15) is 256 Å². The highest BCUT2D eigenvalue weighted by atomic mass is 32.2. The Bertz CT molecular complexity index is 1230. The fourth-order valence-electron chi connectivity index (χ4n) is 8.50. The van der Waals surface area contributed by atoms with E-state index in [9.17, 15) is 28.2 Å². The Morgan fingerprint density at radius 1 is 0.419 bits per heavy atom. The first-order valence-corrected chi connectivity index (χ1v) is 32.5. The van der Waals surface area contributed by atoms with Gasteiger partial charge in [-0.2, -0.15) is 8.42 Å². The van der Waals surface area contributed by atoms with Gasteiger partial charge in [0.05, 0.1) is 61.2 Å². The lowest BCUT2D eigenvalue weighted by Gasteiger charge is -2.28. The SMILES string of the molecule is CCCCCCCCCC[P+](CCCC)(CCCC)CCCC.CCCCCCCCCC[P+](CCCC)(CCCC)CCCC.O=C([O-])c1ccc(C(=O)[O-])c(S(=O)(=O)O)c1. The van der Waals surface area contributed by atoms with E-state index in [1.807, 2.05) is 0 Å². The Morgan fingerprint density at radius 2 is 0.677 bits per heavy atom. The Kier molecular flexibility index (Phi) is 42.0. The van der Waals surface area contributed by atoms with Crippen molar-refractivity contribution in [1.29, 1.82) is 0 Å². The number of benzene rings is 1. The van der Waals surface area contributed by atoms with E-state index in [2.05, 4.69) is 55.4 Å². The number of carbonyl (C=O) groups excluding carboxylic acids is 2. The predicted molar refractivity (Wildman–Crippen MR) is 272 cm³/mol. The van der Waals surface area contributed by atoms with Gasteiger partial charge in [-0.05, 0) is 75.8 Å². The largest absolute Gasteiger partial charge is 0.545 e. The number of carbonyl (C=O) groups is 2. The van der Waals surface area contributed by atoms with E-state index in [1.54, 1.807) is 62.1 Å². The molecule has 62 heavy (non-hydrogen) atoms. The van der Waals surface area contributed by atoms with Gasteiger partial charge in [-0.3, -0.25) is 4.55 Å². The molecule has 1 aromatic carbocycles. The molecule has 10 heteroatoms. The van der Waals surface area contributed by atoms with Crippen LogP contribution in [0.2, 0.25) is 0 Å². The van der Waals surface area contributed by atoms with E-state index in [1.165, 1.54) is 167 Å². The van der Waals surface area contributed by atoms with Crippen LogP contribution in [-0.2, 0) is 10.1 Å². The smallest absolute Gasteiger partial charge is 0.295 e. The topological polar surface area (TPSA) is 135 Å². The van der Waals surface area contributed by atoms with Crippen molar-refractivity contribution < 1.29 is 32.8 Å². The fraction of sp³-hybridized carbons (Fsp3) is 0.846. The lowest BCUT2D eigenvalue weighted by Crippen LogP contribution is -2.26. The molecule has 366 valence electrons. The zero-order valence-electron chi connectivity index (χ0n) is 41.9. The molecule has 1 N–H and O–H groups in total. The Hall–Kier alpha value is -1.07. The molecule has 0 spiro atoms. The first kappa shape index (κ1) is 63.0. The van der Waals surface area contributed by atoms with Crippen LogP contribution in [0.25, 0.3) is 0 Å². The second-order valence-electron chi connectivity index (χ2n) is 18.3. The third kappa shape index (κ3) is 32.6. The number of carboxylic acid groups (broad SMARTS) is 2. The molecule has 0 amide bonds. The highest BCUT2D eigenvalue weighted by Gasteiger charge is 2.35. The summed E-state index contributed by atoms with van der Waals surface area (Å²) >= 11 is 0. The number of aromatic carboxylic acids is 2. The van der Waals surface area contributed by atoms with Gasteiger partial charge in [0.1, 0.15) is 4.90 Å². The van der Waals surface area contributed by atoms with Crippen molar-refractivity contribution in [1.82, 2.24) is 0 Å². The lowest BCUT2D eigenvalue weighted by atomic mass is 10.1. The van der Waals surface area contributed by atoms with Gasteiger partial charge in [0, 0.05) is 20.1 Å². The zero-order valence-corrected chi connectivity index (χ0v) is 44.5. The van der Waals surface area contributed by atoms with Crippen LogP contribution in [0.15, 0.2) is 23.1 Å². The van der Waals surface area contributed by atoms with Gasteiger partial charge in [0.2, 0.25) is 0 Å². The fourth-order valence-corrected chi connectivity index (χ4v) is 19.6. The normalized spacial score (nSPS) is 11.8. The highest BCUT2D eigenvalue weighted by Crippen LogP contribution is 2.62. The maximum Gasteiger partial charge on any atom is 0.295 e. The van der Waals surface area contributed by atoms with Crippen LogP contribution in [-0.4, -0.2) is 74.2 Å². The summed E-state index contributed by atoms with van der Waals surface area (Å²) in [6.07, 6.45) is 53.9. The molecule has 0 aliphatic rings. The third-order valence-corrected chi connectivity index (χ3v) is 23.6. The monoisotopic (exact) mass is 931 g/mol. The van der Waals surface area contributed by atoms with Crippen molar-refractivity contribution in [3.05, 3.63) is 29.3 Å². The maximum absolute atomic E-state index is 10.8. The summed E-state index contributed by atoms with van der Waals surface area (Å²) in [5, 5.41) is 20.9. The molecule has 1 rings (SSSR count). The number of hydrogen-bond donors (Lipinski definition) is 1. The van der Waals surface area contributed by atoms with Gasteiger partial charge in [0.25, 0.3) is 10.1 Å². The molecule has 0 aliphatic carbocycles. The van der Waals surface area contributed by atoms with Gasteiger partial charge >= 0.3 is 0 Å². The van der Waals surface area contributed by atoms with Gasteiger partial charge in [-0.15, -0.1) is 0 Å². The summed E-state index contributed by atoms with van der Waals surface area (Å²) in [6, 6.07) is 2.01. The molecular weight excluding hydrogens is 831 g/mol. The maximum atomic E-state index is 10.8. The molecule has 1 aromatic rings. The summed E-state index contributed by atoms with van der Waals surface area (Å²) in [4.78, 5) is 19.9. The second-order valence-corrected chi connectivity index (χ2v) is 28.6. The molecule has 7 nitrogen and oxygen atoms in total. The van der Waals surface area contributed by atoms with E-state index < -0.39 is 52.6 Å². The van der Waals surface area contributed by atoms with Crippen LogP contribution >= 0.6 is 14.5 Å². The summed E-state index contributed by atoms with van der Waals surface area (Å²) in [6.45, 7) is 18.9. The molecule has 0 aromatic heterocycles. The van der Waals surface area contributed by atoms with Crippen molar-refractivity contribution in [2.24, 2.45) is 0 Å².